The molecule has 0 radical (unpaired) electrons. The van der Waals surface area contributed by atoms with Crippen molar-refractivity contribution < 1.29 is 23.8 Å². The quantitative estimate of drug-likeness (QED) is 0.423. The van der Waals surface area contributed by atoms with E-state index in [1.807, 2.05) is 43.9 Å². The summed E-state index contributed by atoms with van der Waals surface area (Å²) in [6.45, 7) is 7.14. The van der Waals surface area contributed by atoms with E-state index in [4.69, 9.17) is 14.2 Å². The number of benzene rings is 2. The number of nitrogens with zero attached hydrogens (tertiary/aromatic N) is 2. The van der Waals surface area contributed by atoms with Crippen LogP contribution in [0.3, 0.4) is 0 Å². The minimum absolute atomic E-state index is 0.0886. The molecule has 208 valence electrons. The molecule has 8 heteroatoms. The van der Waals surface area contributed by atoms with E-state index in [1.54, 1.807) is 20.4 Å². The number of amides is 2. The zero-order valence-electron chi connectivity index (χ0n) is 23.6. The number of carbonyl (C=O) groups is 2. The van der Waals surface area contributed by atoms with Crippen molar-refractivity contribution in [2.24, 2.45) is 5.92 Å². The largest absolute Gasteiger partial charge is 0.493 e. The standard InChI is InChI=1S/C31H39N3O5/c1-31(2,3)39-30(36)33-20-26-25-18-28(38-5)27(37-4)17-24(25)23(19-32-26)16-29(35)34-13-11-22(12-14-34)15-21-9-7-6-8-10-21/h6-10,17-19,22H,11-16,20H2,1-5H3,(H,33,36). The van der Waals surface area contributed by atoms with Crippen LogP contribution in [0.4, 0.5) is 4.79 Å². The van der Waals surface area contributed by atoms with Crippen LogP contribution in [-0.2, 0) is 28.9 Å². The molecule has 4 rings (SSSR count). The van der Waals surface area contributed by atoms with Crippen LogP contribution < -0.4 is 14.8 Å². The molecule has 0 bridgehead atoms. The van der Waals surface area contributed by atoms with E-state index in [0.717, 1.165) is 48.7 Å². The van der Waals surface area contributed by atoms with Gasteiger partial charge in [0.05, 0.1) is 32.9 Å². The van der Waals surface area contributed by atoms with Gasteiger partial charge in [-0.05, 0) is 74.6 Å². The molecular weight excluding hydrogens is 494 g/mol. The van der Waals surface area contributed by atoms with Gasteiger partial charge in [-0.15, -0.1) is 0 Å². The Morgan fingerprint density at radius 3 is 2.26 bits per heavy atom. The van der Waals surface area contributed by atoms with E-state index in [0.29, 0.717) is 23.1 Å². The number of alkyl carbamates (subject to hydrolysis) is 1. The maximum absolute atomic E-state index is 13.4. The lowest BCUT2D eigenvalue weighted by Gasteiger charge is -2.32. The van der Waals surface area contributed by atoms with E-state index in [9.17, 15) is 9.59 Å². The lowest BCUT2D eigenvalue weighted by Crippen LogP contribution is -2.39. The van der Waals surface area contributed by atoms with Crippen LogP contribution in [0.25, 0.3) is 10.8 Å². The van der Waals surface area contributed by atoms with Crippen molar-refractivity contribution in [2.75, 3.05) is 27.3 Å². The summed E-state index contributed by atoms with van der Waals surface area (Å²) >= 11 is 0. The van der Waals surface area contributed by atoms with Crippen LogP contribution in [-0.4, -0.2) is 54.8 Å². The Morgan fingerprint density at radius 2 is 1.64 bits per heavy atom. The van der Waals surface area contributed by atoms with Crippen molar-refractivity contribution in [3.8, 4) is 11.5 Å². The topological polar surface area (TPSA) is 90.0 Å². The van der Waals surface area contributed by atoms with Gasteiger partial charge in [0.15, 0.2) is 11.5 Å². The van der Waals surface area contributed by atoms with Gasteiger partial charge in [-0.25, -0.2) is 4.79 Å². The lowest BCUT2D eigenvalue weighted by molar-refractivity contribution is -0.131. The third kappa shape index (κ3) is 7.40. The fourth-order valence-corrected chi connectivity index (χ4v) is 5.04. The van der Waals surface area contributed by atoms with Gasteiger partial charge in [-0.2, -0.15) is 0 Å². The van der Waals surface area contributed by atoms with Crippen molar-refractivity contribution in [2.45, 2.75) is 58.6 Å². The summed E-state index contributed by atoms with van der Waals surface area (Å²) in [5.41, 5.74) is 2.21. The molecule has 2 aromatic carbocycles. The molecule has 0 unspecified atom stereocenters. The first-order valence-electron chi connectivity index (χ1n) is 13.5. The number of rotatable bonds is 8. The van der Waals surface area contributed by atoms with Crippen molar-refractivity contribution in [1.29, 1.82) is 0 Å². The molecule has 1 aliphatic heterocycles. The molecule has 0 aliphatic carbocycles. The van der Waals surface area contributed by atoms with Crippen LogP contribution in [0, 0.1) is 5.92 Å². The summed E-state index contributed by atoms with van der Waals surface area (Å²) < 4.78 is 16.4. The van der Waals surface area contributed by atoms with Gasteiger partial charge in [-0.3, -0.25) is 9.78 Å². The highest BCUT2D eigenvalue weighted by molar-refractivity contribution is 5.93. The highest BCUT2D eigenvalue weighted by Gasteiger charge is 2.24. The van der Waals surface area contributed by atoms with Crippen molar-refractivity contribution in [3.63, 3.8) is 0 Å². The van der Waals surface area contributed by atoms with E-state index >= 15 is 0 Å². The molecule has 0 atom stereocenters. The summed E-state index contributed by atoms with van der Waals surface area (Å²) in [6.07, 6.45) is 4.49. The third-order valence-corrected chi connectivity index (χ3v) is 7.03. The molecule has 2 amide bonds. The summed E-state index contributed by atoms with van der Waals surface area (Å²) in [4.78, 5) is 32.2. The number of likely N-dealkylation sites (tertiary alicyclic amines) is 1. The molecule has 1 N–H and O–H groups in total. The van der Waals surface area contributed by atoms with E-state index < -0.39 is 11.7 Å². The maximum atomic E-state index is 13.4. The molecule has 0 saturated carbocycles. The number of piperidine rings is 1. The number of aromatic nitrogens is 1. The van der Waals surface area contributed by atoms with Crippen LogP contribution in [0.1, 0.15) is 50.4 Å². The lowest BCUT2D eigenvalue weighted by atomic mass is 9.90. The van der Waals surface area contributed by atoms with Crippen LogP contribution in [0.2, 0.25) is 0 Å². The summed E-state index contributed by atoms with van der Waals surface area (Å²) in [6, 6.07) is 14.3. The van der Waals surface area contributed by atoms with Gasteiger partial charge in [0.1, 0.15) is 5.60 Å². The Labute approximate surface area is 230 Å². The molecule has 1 aliphatic rings. The fraction of sp³-hybridized carbons (Fsp3) is 0.452. The smallest absolute Gasteiger partial charge is 0.407 e. The molecular formula is C31H39N3O5. The first kappa shape index (κ1) is 28.2. The average Bonchev–Trinajstić information content (AvgIpc) is 2.91. The summed E-state index contributed by atoms with van der Waals surface area (Å²) in [5.74, 6) is 1.80. The minimum atomic E-state index is -0.601. The van der Waals surface area contributed by atoms with Crippen molar-refractivity contribution in [1.82, 2.24) is 15.2 Å². The van der Waals surface area contributed by atoms with Crippen molar-refractivity contribution in [3.05, 3.63) is 65.5 Å². The molecule has 1 aromatic heterocycles. The SMILES string of the molecule is COc1cc2c(CC(=O)N3CCC(Cc4ccccc4)CC3)cnc(CNC(=O)OC(C)(C)C)c2cc1OC. The van der Waals surface area contributed by atoms with Crippen LogP contribution >= 0.6 is 0 Å². The van der Waals surface area contributed by atoms with Crippen molar-refractivity contribution >= 4 is 22.8 Å². The second kappa shape index (κ2) is 12.4. The Morgan fingerprint density at radius 1 is 1.00 bits per heavy atom. The van der Waals surface area contributed by atoms with Gasteiger partial charge in [0, 0.05) is 24.7 Å². The Hall–Kier alpha value is -3.81. The number of pyridine rings is 1. The third-order valence-electron chi connectivity index (χ3n) is 7.03. The minimum Gasteiger partial charge on any atom is -0.493 e. The zero-order chi connectivity index (χ0) is 28.0. The number of ether oxygens (including phenoxy) is 3. The average molecular weight is 534 g/mol. The number of methoxy groups -OCH3 is 2. The van der Waals surface area contributed by atoms with Gasteiger partial charge >= 0.3 is 6.09 Å². The second-order valence-corrected chi connectivity index (χ2v) is 11.0. The van der Waals surface area contributed by atoms with Gasteiger partial charge in [0.2, 0.25) is 5.91 Å². The van der Waals surface area contributed by atoms with Gasteiger partial charge < -0.3 is 24.4 Å². The van der Waals surface area contributed by atoms with Gasteiger partial charge in [-0.1, -0.05) is 30.3 Å². The number of nitrogens with one attached hydrogen (secondary N) is 1. The molecule has 1 saturated heterocycles. The highest BCUT2D eigenvalue weighted by Crippen LogP contribution is 2.35. The Kier molecular flexibility index (Phi) is 8.94. The predicted octanol–water partition coefficient (Wildman–Crippen LogP) is 5.30. The zero-order valence-corrected chi connectivity index (χ0v) is 23.6. The first-order chi connectivity index (χ1) is 18.7. The molecule has 0 spiro atoms. The molecule has 3 aromatic rings. The van der Waals surface area contributed by atoms with E-state index in [1.165, 1.54) is 5.56 Å². The monoisotopic (exact) mass is 533 g/mol. The number of hydrogen-bond donors (Lipinski definition) is 1. The normalized spacial score (nSPS) is 14.2. The Bertz CT molecular complexity index is 1300. The van der Waals surface area contributed by atoms with E-state index in [-0.39, 0.29) is 18.9 Å². The predicted molar refractivity (Wildman–Crippen MR) is 151 cm³/mol. The van der Waals surface area contributed by atoms with Gasteiger partial charge in [0.25, 0.3) is 0 Å². The Balaban J connectivity index is 1.49. The number of carbonyl (C=O) groups excluding carboxylic acids is 2. The first-order valence-corrected chi connectivity index (χ1v) is 13.5. The molecule has 39 heavy (non-hydrogen) atoms. The molecule has 2 heterocycles. The fourth-order valence-electron chi connectivity index (χ4n) is 5.04. The summed E-state index contributed by atoms with van der Waals surface area (Å²) in [5, 5.41) is 4.41. The number of fused-ring (bicyclic) bond motifs is 1. The molecule has 1 fully saturated rings. The number of hydrogen-bond acceptors (Lipinski definition) is 6. The second-order valence-electron chi connectivity index (χ2n) is 11.0. The maximum Gasteiger partial charge on any atom is 0.407 e. The molecule has 8 nitrogen and oxygen atoms in total. The van der Waals surface area contributed by atoms with Crippen LogP contribution in [0.15, 0.2) is 48.7 Å². The highest BCUT2D eigenvalue weighted by atomic mass is 16.6. The van der Waals surface area contributed by atoms with E-state index in [2.05, 4.69) is 34.6 Å². The van der Waals surface area contributed by atoms with Crippen LogP contribution in [0.5, 0.6) is 11.5 Å². The summed E-state index contributed by atoms with van der Waals surface area (Å²) in [7, 11) is 3.16.